The van der Waals surface area contributed by atoms with Crippen LogP contribution in [0.3, 0.4) is 0 Å². The lowest BCUT2D eigenvalue weighted by molar-refractivity contribution is 0.0124. The average molecular weight is 354 g/mol. The van der Waals surface area contributed by atoms with E-state index in [0.717, 1.165) is 12.8 Å². The van der Waals surface area contributed by atoms with Gasteiger partial charge in [-0.1, -0.05) is 0 Å². The number of piperidine rings is 1. The van der Waals surface area contributed by atoms with Crippen molar-refractivity contribution in [2.24, 2.45) is 5.73 Å². The lowest BCUT2D eigenvalue weighted by atomic mass is 9.99. The first-order valence-electron chi connectivity index (χ1n) is 5.95. The number of halogens is 2. The van der Waals surface area contributed by atoms with Gasteiger partial charge in [-0.25, -0.2) is 0 Å². The molecule has 1 saturated heterocycles. The zero-order chi connectivity index (χ0) is 13.1. The van der Waals surface area contributed by atoms with E-state index in [4.69, 9.17) is 14.9 Å². The molecule has 2 N–H and O–H groups in total. The Labute approximate surface area is 127 Å². The highest BCUT2D eigenvalue weighted by atomic mass is 79.9. The standard InChI is InChI=1S/C12H17BrN2O3.ClH/c1-17-9-4-5-15(8(6-9)7-14)12(16)10-2-3-11(13)18-10;/h2-3,8-9H,4-7,14H2,1H3;1H. The fourth-order valence-corrected chi connectivity index (χ4v) is 2.60. The Balaban J connectivity index is 0.00000180. The Bertz CT molecular complexity index is 427. The van der Waals surface area contributed by atoms with Crippen molar-refractivity contribution in [3.8, 4) is 0 Å². The fourth-order valence-electron chi connectivity index (χ4n) is 2.29. The Kier molecular flexibility index (Phi) is 6.32. The third-order valence-electron chi connectivity index (χ3n) is 3.32. The van der Waals surface area contributed by atoms with Crippen LogP contribution in [0.5, 0.6) is 0 Å². The highest BCUT2D eigenvalue weighted by molar-refractivity contribution is 9.10. The summed E-state index contributed by atoms with van der Waals surface area (Å²) in [5, 5.41) is 0. The molecule has 0 bridgehead atoms. The van der Waals surface area contributed by atoms with Crippen molar-refractivity contribution in [2.45, 2.75) is 25.0 Å². The van der Waals surface area contributed by atoms with Crippen LogP contribution in [0, 0.1) is 0 Å². The van der Waals surface area contributed by atoms with Crippen molar-refractivity contribution in [1.29, 1.82) is 0 Å². The van der Waals surface area contributed by atoms with Gasteiger partial charge in [0.05, 0.1) is 6.10 Å². The second-order valence-corrected chi connectivity index (χ2v) is 5.16. The maximum absolute atomic E-state index is 12.3. The molecule has 0 radical (unpaired) electrons. The highest BCUT2D eigenvalue weighted by Crippen LogP contribution is 2.23. The first kappa shape index (κ1) is 16.5. The van der Waals surface area contributed by atoms with Crippen LogP contribution in [0.1, 0.15) is 23.4 Å². The summed E-state index contributed by atoms with van der Waals surface area (Å²) in [7, 11) is 1.69. The zero-order valence-corrected chi connectivity index (χ0v) is 13.1. The van der Waals surface area contributed by atoms with Crippen LogP contribution in [0.4, 0.5) is 0 Å². The highest BCUT2D eigenvalue weighted by Gasteiger charge is 2.32. The summed E-state index contributed by atoms with van der Waals surface area (Å²) in [6, 6.07) is 3.40. The Morgan fingerprint density at radius 3 is 2.89 bits per heavy atom. The van der Waals surface area contributed by atoms with Gasteiger partial charge in [0, 0.05) is 26.2 Å². The molecule has 0 spiro atoms. The van der Waals surface area contributed by atoms with Crippen molar-refractivity contribution >= 4 is 34.2 Å². The predicted molar refractivity (Wildman–Crippen MR) is 77.6 cm³/mol. The van der Waals surface area contributed by atoms with Crippen LogP contribution in [0.15, 0.2) is 21.2 Å². The van der Waals surface area contributed by atoms with E-state index in [9.17, 15) is 4.79 Å². The molecule has 108 valence electrons. The number of methoxy groups -OCH3 is 1. The molecule has 0 aromatic carbocycles. The Morgan fingerprint density at radius 2 is 2.37 bits per heavy atom. The van der Waals surface area contributed by atoms with E-state index in [1.807, 2.05) is 0 Å². The van der Waals surface area contributed by atoms with E-state index in [-0.39, 0.29) is 30.5 Å². The van der Waals surface area contributed by atoms with Gasteiger partial charge in [0.2, 0.25) is 0 Å². The zero-order valence-electron chi connectivity index (χ0n) is 10.7. The molecule has 7 heteroatoms. The second-order valence-electron chi connectivity index (χ2n) is 4.37. The third kappa shape index (κ3) is 3.72. The van der Waals surface area contributed by atoms with Gasteiger partial charge in [0.1, 0.15) is 0 Å². The number of carbonyl (C=O) groups is 1. The number of carbonyl (C=O) groups excluding carboxylic acids is 1. The molecule has 2 heterocycles. The summed E-state index contributed by atoms with van der Waals surface area (Å²) in [5.41, 5.74) is 5.74. The number of nitrogens with two attached hydrogens (primary N) is 1. The molecule has 1 amide bonds. The summed E-state index contributed by atoms with van der Waals surface area (Å²) in [6.45, 7) is 1.09. The number of ether oxygens (including phenoxy) is 1. The molecule has 0 saturated carbocycles. The molecule has 0 aliphatic carbocycles. The number of amides is 1. The van der Waals surface area contributed by atoms with Crippen LogP contribution in [0.2, 0.25) is 0 Å². The summed E-state index contributed by atoms with van der Waals surface area (Å²) in [4.78, 5) is 14.1. The van der Waals surface area contributed by atoms with Crippen molar-refractivity contribution in [2.75, 3.05) is 20.2 Å². The number of hydrogen-bond donors (Lipinski definition) is 1. The maximum Gasteiger partial charge on any atom is 0.289 e. The predicted octanol–water partition coefficient (Wildman–Crippen LogP) is 2.04. The first-order valence-corrected chi connectivity index (χ1v) is 6.74. The maximum atomic E-state index is 12.3. The minimum absolute atomic E-state index is 0. The molecule has 2 atom stereocenters. The van der Waals surface area contributed by atoms with Crippen LogP contribution >= 0.6 is 28.3 Å². The minimum atomic E-state index is -0.106. The number of hydrogen-bond acceptors (Lipinski definition) is 4. The second kappa shape index (κ2) is 7.28. The SMILES string of the molecule is COC1CCN(C(=O)c2ccc(Br)o2)C(CN)C1.Cl. The molecular formula is C12H18BrClN2O3. The fraction of sp³-hybridized carbons (Fsp3) is 0.583. The van der Waals surface area contributed by atoms with Gasteiger partial charge in [-0.3, -0.25) is 4.79 Å². The molecule has 2 rings (SSSR count). The number of furan rings is 1. The van der Waals surface area contributed by atoms with Gasteiger partial charge in [0.25, 0.3) is 5.91 Å². The molecule has 1 aromatic rings. The van der Waals surface area contributed by atoms with E-state index in [2.05, 4.69) is 15.9 Å². The third-order valence-corrected chi connectivity index (χ3v) is 3.74. The quantitative estimate of drug-likeness (QED) is 0.903. The van der Waals surface area contributed by atoms with Crippen molar-refractivity contribution in [3.05, 3.63) is 22.6 Å². The molecule has 19 heavy (non-hydrogen) atoms. The molecule has 5 nitrogen and oxygen atoms in total. The summed E-state index contributed by atoms with van der Waals surface area (Å²) in [5.74, 6) is 0.238. The lowest BCUT2D eigenvalue weighted by Crippen LogP contribution is -2.51. The van der Waals surface area contributed by atoms with Gasteiger partial charge in [-0.2, -0.15) is 0 Å². The smallest absolute Gasteiger partial charge is 0.289 e. The van der Waals surface area contributed by atoms with Gasteiger partial charge in [0.15, 0.2) is 10.4 Å². The summed E-state index contributed by atoms with van der Waals surface area (Å²) < 4.78 is 11.2. The van der Waals surface area contributed by atoms with Crippen LogP contribution in [-0.4, -0.2) is 43.2 Å². The summed E-state index contributed by atoms with van der Waals surface area (Å²) in [6.07, 6.45) is 1.80. The van der Waals surface area contributed by atoms with Gasteiger partial charge in [-0.15, -0.1) is 12.4 Å². The normalized spacial score (nSPS) is 23.0. The molecule has 1 aromatic heterocycles. The van der Waals surface area contributed by atoms with Gasteiger partial charge >= 0.3 is 0 Å². The lowest BCUT2D eigenvalue weighted by Gasteiger charge is -2.37. The van der Waals surface area contributed by atoms with Crippen molar-refractivity contribution in [3.63, 3.8) is 0 Å². The van der Waals surface area contributed by atoms with E-state index in [1.54, 1.807) is 24.1 Å². The number of likely N-dealkylation sites (tertiary alicyclic amines) is 1. The molecule has 1 fully saturated rings. The largest absolute Gasteiger partial charge is 0.444 e. The molecule has 1 aliphatic heterocycles. The summed E-state index contributed by atoms with van der Waals surface area (Å²) >= 11 is 3.20. The Morgan fingerprint density at radius 1 is 1.63 bits per heavy atom. The molecular weight excluding hydrogens is 336 g/mol. The van der Waals surface area contributed by atoms with E-state index < -0.39 is 0 Å². The van der Waals surface area contributed by atoms with Crippen molar-refractivity contribution in [1.82, 2.24) is 4.90 Å². The van der Waals surface area contributed by atoms with E-state index in [0.29, 0.717) is 23.5 Å². The van der Waals surface area contributed by atoms with Gasteiger partial charge < -0.3 is 19.8 Å². The topological polar surface area (TPSA) is 68.7 Å². The average Bonchev–Trinajstić information content (AvgIpc) is 2.83. The van der Waals surface area contributed by atoms with E-state index in [1.165, 1.54) is 0 Å². The monoisotopic (exact) mass is 352 g/mol. The Hall–Kier alpha value is -0.560. The van der Waals surface area contributed by atoms with Crippen LogP contribution in [0.25, 0.3) is 0 Å². The van der Waals surface area contributed by atoms with Gasteiger partial charge in [-0.05, 0) is 40.9 Å². The van der Waals surface area contributed by atoms with Crippen molar-refractivity contribution < 1.29 is 13.9 Å². The molecule has 2 unspecified atom stereocenters. The molecule has 1 aliphatic rings. The first-order chi connectivity index (χ1) is 8.65. The van der Waals surface area contributed by atoms with Crippen LogP contribution in [-0.2, 0) is 4.74 Å². The van der Waals surface area contributed by atoms with Crippen LogP contribution < -0.4 is 5.73 Å². The number of rotatable bonds is 3. The van der Waals surface area contributed by atoms with E-state index >= 15 is 0 Å². The minimum Gasteiger partial charge on any atom is -0.444 e. The number of nitrogens with zero attached hydrogens (tertiary/aromatic N) is 1.